The predicted molar refractivity (Wildman–Crippen MR) is 147 cm³/mol. The number of carbonyl (C=O) groups is 2. The molecule has 4 rings (SSSR count). The van der Waals surface area contributed by atoms with Gasteiger partial charge in [0.05, 0.1) is 12.8 Å². The average molecular weight is 567 g/mol. The zero-order valence-corrected chi connectivity index (χ0v) is 22.3. The van der Waals surface area contributed by atoms with Crippen LogP contribution in [0.5, 0.6) is 5.75 Å². The van der Waals surface area contributed by atoms with Crippen LogP contribution in [0.4, 0.5) is 10.1 Å². The number of methoxy groups -OCH3 is 1. The Morgan fingerprint density at radius 1 is 0.923 bits per heavy atom. The van der Waals surface area contributed by atoms with E-state index in [4.69, 9.17) is 16.3 Å². The molecule has 0 aliphatic heterocycles. The van der Waals surface area contributed by atoms with Crippen LogP contribution in [0.15, 0.2) is 102 Å². The molecule has 10 heteroatoms. The number of nitrogens with one attached hydrogen (secondary N) is 2. The Bertz CT molecular complexity index is 1600. The van der Waals surface area contributed by atoms with Crippen LogP contribution in [0.2, 0.25) is 5.02 Å². The number of halogens is 2. The molecule has 1 amide bonds. The van der Waals surface area contributed by atoms with E-state index in [1.165, 1.54) is 31.4 Å². The van der Waals surface area contributed by atoms with E-state index in [0.29, 0.717) is 11.1 Å². The zero-order valence-electron chi connectivity index (χ0n) is 20.7. The fourth-order valence-electron chi connectivity index (χ4n) is 3.93. The van der Waals surface area contributed by atoms with Gasteiger partial charge in [-0.1, -0.05) is 72.3 Å². The lowest BCUT2D eigenvalue weighted by molar-refractivity contribution is -0.117. The van der Waals surface area contributed by atoms with Crippen molar-refractivity contribution in [2.75, 3.05) is 12.4 Å². The number of ether oxygens (including phenoxy) is 1. The third-order valence-corrected chi connectivity index (χ3v) is 7.56. The van der Waals surface area contributed by atoms with Gasteiger partial charge < -0.3 is 10.1 Å². The summed E-state index contributed by atoms with van der Waals surface area (Å²) in [6, 6.07) is 23.4. The summed E-state index contributed by atoms with van der Waals surface area (Å²) in [7, 11) is -3.17. The van der Waals surface area contributed by atoms with E-state index in [1.807, 2.05) is 0 Å². The van der Waals surface area contributed by atoms with Crippen LogP contribution in [-0.2, 0) is 21.2 Å². The van der Waals surface area contributed by atoms with E-state index in [2.05, 4.69) is 10.0 Å². The van der Waals surface area contributed by atoms with Gasteiger partial charge in [0.15, 0.2) is 5.78 Å². The molecular weight excluding hydrogens is 543 g/mol. The molecule has 39 heavy (non-hydrogen) atoms. The molecule has 0 saturated carbocycles. The van der Waals surface area contributed by atoms with Gasteiger partial charge in [-0.3, -0.25) is 9.59 Å². The van der Waals surface area contributed by atoms with Crippen molar-refractivity contribution in [1.29, 1.82) is 0 Å². The predicted octanol–water partition coefficient (Wildman–Crippen LogP) is 5.25. The molecule has 2 N–H and O–H groups in total. The van der Waals surface area contributed by atoms with Gasteiger partial charge in [0.2, 0.25) is 15.9 Å². The van der Waals surface area contributed by atoms with Crippen LogP contribution in [0, 0.1) is 5.82 Å². The number of anilines is 1. The first kappa shape index (κ1) is 28.0. The molecule has 4 aromatic carbocycles. The molecule has 0 saturated heterocycles. The Balaban J connectivity index is 1.69. The van der Waals surface area contributed by atoms with Crippen LogP contribution >= 0.6 is 11.6 Å². The van der Waals surface area contributed by atoms with Crippen molar-refractivity contribution in [1.82, 2.24) is 4.72 Å². The van der Waals surface area contributed by atoms with E-state index in [-0.39, 0.29) is 34.2 Å². The average Bonchev–Trinajstić information content (AvgIpc) is 2.94. The Morgan fingerprint density at radius 3 is 2.26 bits per heavy atom. The molecule has 200 valence electrons. The van der Waals surface area contributed by atoms with Crippen molar-refractivity contribution in [3.8, 4) is 5.75 Å². The minimum atomic E-state index is -4.42. The van der Waals surface area contributed by atoms with Crippen molar-refractivity contribution in [2.24, 2.45) is 0 Å². The molecular formula is C29H24ClFN2O5S. The van der Waals surface area contributed by atoms with Crippen LogP contribution in [0.3, 0.4) is 0 Å². The summed E-state index contributed by atoms with van der Waals surface area (Å²) < 4.78 is 48.1. The number of carbonyl (C=O) groups excluding carboxylic acids is 2. The third-order valence-electron chi connectivity index (χ3n) is 5.83. The van der Waals surface area contributed by atoms with Crippen LogP contribution in [0.1, 0.15) is 21.5 Å². The fourth-order valence-corrected chi connectivity index (χ4v) is 5.48. The maximum atomic E-state index is 14.0. The van der Waals surface area contributed by atoms with Gasteiger partial charge >= 0.3 is 0 Å². The lowest BCUT2D eigenvalue weighted by Gasteiger charge is -2.20. The van der Waals surface area contributed by atoms with E-state index in [1.54, 1.807) is 60.7 Å². The molecule has 0 spiro atoms. The van der Waals surface area contributed by atoms with Gasteiger partial charge in [-0.2, -0.15) is 4.72 Å². The molecule has 1 atom stereocenters. The van der Waals surface area contributed by atoms with E-state index in [9.17, 15) is 22.4 Å². The van der Waals surface area contributed by atoms with Crippen molar-refractivity contribution < 1.29 is 27.1 Å². The molecule has 0 radical (unpaired) electrons. The largest absolute Gasteiger partial charge is 0.495 e. The van der Waals surface area contributed by atoms with E-state index >= 15 is 0 Å². The quantitative estimate of drug-likeness (QED) is 0.255. The normalized spacial score (nSPS) is 12.0. The minimum Gasteiger partial charge on any atom is -0.495 e. The number of hydrogen-bond donors (Lipinski definition) is 2. The topological polar surface area (TPSA) is 102 Å². The lowest BCUT2D eigenvalue weighted by atomic mass is 10.0. The molecule has 7 nitrogen and oxygen atoms in total. The highest BCUT2D eigenvalue weighted by Gasteiger charge is 2.29. The summed E-state index contributed by atoms with van der Waals surface area (Å²) >= 11 is 6.15. The van der Waals surface area contributed by atoms with Gasteiger partial charge in [-0.15, -0.1) is 0 Å². The van der Waals surface area contributed by atoms with Crippen molar-refractivity contribution in [3.63, 3.8) is 0 Å². The second kappa shape index (κ2) is 12.2. The Labute approximate surface area is 230 Å². The first-order chi connectivity index (χ1) is 18.7. The molecule has 0 heterocycles. The standard InChI is InChI=1S/C29H24ClFN2O5S/c1-38-26-15-13-22(31)18-27(26)39(36,37)33-25(16-19-8-4-2-5-9-19)29(35)32-24-14-12-21(30)17-23(24)28(34)20-10-6-3-7-11-20/h2-15,17-18,25,33H,16H2,1H3,(H,32,35). The third kappa shape index (κ3) is 6.88. The summed E-state index contributed by atoms with van der Waals surface area (Å²) in [6.07, 6.45) is -0.0287. The van der Waals surface area contributed by atoms with Crippen molar-refractivity contribution in [3.05, 3.63) is 125 Å². The summed E-state index contributed by atoms with van der Waals surface area (Å²) in [5, 5.41) is 2.96. The number of sulfonamides is 1. The van der Waals surface area contributed by atoms with E-state index in [0.717, 1.165) is 12.1 Å². The van der Waals surface area contributed by atoms with Gasteiger partial charge in [0.1, 0.15) is 22.5 Å². The van der Waals surface area contributed by atoms with Gasteiger partial charge in [0.25, 0.3) is 0 Å². The second-order valence-corrected chi connectivity index (χ2v) is 10.7. The monoisotopic (exact) mass is 566 g/mol. The maximum Gasteiger partial charge on any atom is 0.245 e. The lowest BCUT2D eigenvalue weighted by Crippen LogP contribution is -2.45. The molecule has 0 aliphatic rings. The minimum absolute atomic E-state index is 0.0287. The number of amides is 1. The van der Waals surface area contributed by atoms with Crippen LogP contribution < -0.4 is 14.8 Å². The maximum absolute atomic E-state index is 14.0. The second-order valence-electron chi connectivity index (χ2n) is 8.53. The first-order valence-electron chi connectivity index (χ1n) is 11.8. The van der Waals surface area contributed by atoms with Crippen molar-refractivity contribution >= 4 is 39.0 Å². The molecule has 0 bridgehead atoms. The molecule has 4 aromatic rings. The summed E-state index contributed by atoms with van der Waals surface area (Å²) in [5.41, 5.74) is 1.34. The van der Waals surface area contributed by atoms with Gasteiger partial charge in [-0.25, -0.2) is 12.8 Å². The van der Waals surface area contributed by atoms with Crippen LogP contribution in [0.25, 0.3) is 0 Å². The summed E-state index contributed by atoms with van der Waals surface area (Å²) in [4.78, 5) is 26.3. The molecule has 0 aliphatic carbocycles. The number of benzene rings is 4. The highest BCUT2D eigenvalue weighted by molar-refractivity contribution is 7.89. The first-order valence-corrected chi connectivity index (χ1v) is 13.6. The summed E-state index contributed by atoms with van der Waals surface area (Å²) in [6.45, 7) is 0. The SMILES string of the molecule is COc1ccc(F)cc1S(=O)(=O)NC(Cc1ccccc1)C(=O)Nc1ccc(Cl)cc1C(=O)c1ccccc1. The Hall–Kier alpha value is -4.05. The zero-order chi connectivity index (χ0) is 28.0. The van der Waals surface area contributed by atoms with Gasteiger partial charge in [-0.05, 0) is 48.4 Å². The van der Waals surface area contributed by atoms with E-state index < -0.39 is 32.7 Å². The molecule has 0 fully saturated rings. The number of rotatable bonds is 10. The summed E-state index contributed by atoms with van der Waals surface area (Å²) in [5.74, 6) is -1.98. The highest BCUT2D eigenvalue weighted by atomic mass is 35.5. The Kier molecular flexibility index (Phi) is 8.75. The smallest absolute Gasteiger partial charge is 0.245 e. The molecule has 0 aromatic heterocycles. The number of hydrogen-bond acceptors (Lipinski definition) is 5. The van der Waals surface area contributed by atoms with Crippen molar-refractivity contribution in [2.45, 2.75) is 17.4 Å². The van der Waals surface area contributed by atoms with Crippen LogP contribution in [-0.4, -0.2) is 33.3 Å². The Morgan fingerprint density at radius 2 is 1.59 bits per heavy atom. The molecule has 1 unspecified atom stereocenters. The van der Waals surface area contributed by atoms with Gasteiger partial charge in [0, 0.05) is 16.1 Å². The fraction of sp³-hybridized carbons (Fsp3) is 0.103. The number of ketones is 1. The highest BCUT2D eigenvalue weighted by Crippen LogP contribution is 2.26.